The number of rotatable bonds is 7. The zero-order valence-electron chi connectivity index (χ0n) is 13.8. The maximum absolute atomic E-state index is 12.0. The van der Waals surface area contributed by atoms with Crippen molar-refractivity contribution in [3.8, 4) is 5.75 Å². The fourth-order valence-corrected chi connectivity index (χ4v) is 2.16. The summed E-state index contributed by atoms with van der Waals surface area (Å²) in [7, 11) is 0. The van der Waals surface area contributed by atoms with E-state index in [2.05, 4.69) is 40.3 Å². The highest BCUT2D eigenvalue weighted by Crippen LogP contribution is 2.13. The van der Waals surface area contributed by atoms with Crippen LogP contribution < -0.4 is 10.2 Å². The van der Waals surface area contributed by atoms with E-state index in [4.69, 9.17) is 4.74 Å². The Hall–Kier alpha value is -2.14. The van der Waals surface area contributed by atoms with Gasteiger partial charge in [-0.25, -0.2) is 5.43 Å². The topological polar surface area (TPSA) is 50.7 Å². The monoisotopic (exact) mass is 388 g/mol. The standard InChI is InChI=1S/C19H21BrN2O2/c1-14(2)11-12-24-18-9-5-16(6-10-18)19(23)22-21-13-15-3-7-17(20)8-4-15/h3-10,13-14H,11-12H2,1-2H3,(H,22,23). The highest BCUT2D eigenvalue weighted by molar-refractivity contribution is 9.10. The van der Waals surface area contributed by atoms with Crippen LogP contribution in [0.2, 0.25) is 0 Å². The second-order valence-electron chi connectivity index (χ2n) is 5.81. The minimum Gasteiger partial charge on any atom is -0.494 e. The summed E-state index contributed by atoms with van der Waals surface area (Å²) in [6, 6.07) is 14.7. The predicted octanol–water partition coefficient (Wildman–Crippen LogP) is 4.64. The highest BCUT2D eigenvalue weighted by atomic mass is 79.9. The Labute approximate surface area is 151 Å². The Morgan fingerprint density at radius 1 is 1.17 bits per heavy atom. The summed E-state index contributed by atoms with van der Waals surface area (Å²) >= 11 is 3.37. The molecular weight excluding hydrogens is 368 g/mol. The van der Waals surface area contributed by atoms with Crippen molar-refractivity contribution in [3.63, 3.8) is 0 Å². The first-order chi connectivity index (χ1) is 11.5. The summed E-state index contributed by atoms with van der Waals surface area (Å²) in [6.07, 6.45) is 2.61. The molecule has 0 saturated carbocycles. The van der Waals surface area contributed by atoms with Crippen LogP contribution >= 0.6 is 15.9 Å². The molecule has 0 aromatic heterocycles. The lowest BCUT2D eigenvalue weighted by atomic mass is 10.1. The van der Waals surface area contributed by atoms with Crippen molar-refractivity contribution in [2.75, 3.05) is 6.61 Å². The van der Waals surface area contributed by atoms with Crippen LogP contribution in [-0.2, 0) is 0 Å². The third-order valence-electron chi connectivity index (χ3n) is 3.33. The lowest BCUT2D eigenvalue weighted by Gasteiger charge is -2.08. The molecule has 0 unspecified atom stereocenters. The molecule has 0 radical (unpaired) electrons. The van der Waals surface area contributed by atoms with Gasteiger partial charge in [-0.05, 0) is 54.3 Å². The van der Waals surface area contributed by atoms with E-state index in [1.165, 1.54) is 0 Å². The molecule has 0 bridgehead atoms. The highest BCUT2D eigenvalue weighted by Gasteiger charge is 2.04. The molecule has 1 N–H and O–H groups in total. The smallest absolute Gasteiger partial charge is 0.271 e. The van der Waals surface area contributed by atoms with Gasteiger partial charge in [-0.3, -0.25) is 4.79 Å². The van der Waals surface area contributed by atoms with Crippen LogP contribution in [-0.4, -0.2) is 18.7 Å². The van der Waals surface area contributed by atoms with Crippen molar-refractivity contribution in [2.24, 2.45) is 11.0 Å². The van der Waals surface area contributed by atoms with E-state index in [9.17, 15) is 4.79 Å². The summed E-state index contributed by atoms with van der Waals surface area (Å²) in [6.45, 7) is 5.00. The molecule has 24 heavy (non-hydrogen) atoms. The quantitative estimate of drug-likeness (QED) is 0.554. The van der Waals surface area contributed by atoms with Crippen LogP contribution in [0.1, 0.15) is 36.2 Å². The molecule has 4 nitrogen and oxygen atoms in total. The minimum atomic E-state index is -0.253. The summed E-state index contributed by atoms with van der Waals surface area (Å²) < 4.78 is 6.63. The molecular formula is C19H21BrN2O2. The van der Waals surface area contributed by atoms with Gasteiger partial charge in [0.15, 0.2) is 0 Å². The Bertz CT molecular complexity index is 680. The van der Waals surface area contributed by atoms with Gasteiger partial charge in [-0.1, -0.05) is 41.9 Å². The molecule has 126 valence electrons. The Kier molecular flexibility index (Phi) is 7.00. The first-order valence-electron chi connectivity index (χ1n) is 7.86. The number of hydrazone groups is 1. The number of hydrogen-bond acceptors (Lipinski definition) is 3. The summed E-state index contributed by atoms with van der Waals surface area (Å²) in [5, 5.41) is 3.97. The van der Waals surface area contributed by atoms with Crippen molar-refractivity contribution in [2.45, 2.75) is 20.3 Å². The van der Waals surface area contributed by atoms with Crippen LogP contribution in [0.5, 0.6) is 5.75 Å². The molecule has 0 heterocycles. The van der Waals surface area contributed by atoms with Gasteiger partial charge in [0, 0.05) is 10.0 Å². The maximum atomic E-state index is 12.0. The lowest BCUT2D eigenvalue weighted by Crippen LogP contribution is -2.17. The molecule has 5 heteroatoms. The fourth-order valence-electron chi connectivity index (χ4n) is 1.89. The van der Waals surface area contributed by atoms with Crippen LogP contribution in [0.15, 0.2) is 58.1 Å². The predicted molar refractivity (Wildman–Crippen MR) is 101 cm³/mol. The number of hydrogen-bond donors (Lipinski definition) is 1. The van der Waals surface area contributed by atoms with Gasteiger partial charge in [-0.15, -0.1) is 0 Å². The van der Waals surface area contributed by atoms with Gasteiger partial charge >= 0.3 is 0 Å². The van der Waals surface area contributed by atoms with E-state index >= 15 is 0 Å². The molecule has 1 amide bonds. The number of carbonyl (C=O) groups excluding carboxylic acids is 1. The minimum absolute atomic E-state index is 0.253. The van der Waals surface area contributed by atoms with Crippen molar-refractivity contribution in [3.05, 3.63) is 64.1 Å². The number of benzene rings is 2. The molecule has 2 aromatic rings. The number of ether oxygens (including phenoxy) is 1. The second-order valence-corrected chi connectivity index (χ2v) is 6.72. The fraction of sp³-hybridized carbons (Fsp3) is 0.263. The Balaban J connectivity index is 1.84. The molecule has 0 saturated heterocycles. The van der Waals surface area contributed by atoms with Gasteiger partial charge in [0.05, 0.1) is 12.8 Å². The molecule has 0 spiro atoms. The van der Waals surface area contributed by atoms with Gasteiger partial charge in [0.25, 0.3) is 5.91 Å². The number of carbonyl (C=O) groups is 1. The van der Waals surface area contributed by atoms with E-state index in [0.29, 0.717) is 18.1 Å². The molecule has 2 rings (SSSR count). The van der Waals surface area contributed by atoms with Crippen LogP contribution in [0.3, 0.4) is 0 Å². The van der Waals surface area contributed by atoms with Crippen molar-refractivity contribution < 1.29 is 9.53 Å². The van der Waals surface area contributed by atoms with Crippen molar-refractivity contribution in [1.29, 1.82) is 0 Å². The maximum Gasteiger partial charge on any atom is 0.271 e. The summed E-state index contributed by atoms with van der Waals surface area (Å²) in [5.74, 6) is 1.13. The van der Waals surface area contributed by atoms with Crippen LogP contribution in [0.25, 0.3) is 0 Å². The molecule has 0 aliphatic heterocycles. The lowest BCUT2D eigenvalue weighted by molar-refractivity contribution is 0.0955. The van der Waals surface area contributed by atoms with Gasteiger partial charge < -0.3 is 4.74 Å². The SMILES string of the molecule is CC(C)CCOc1ccc(C(=O)NN=Cc2ccc(Br)cc2)cc1. The Morgan fingerprint density at radius 2 is 1.83 bits per heavy atom. The average Bonchev–Trinajstić information content (AvgIpc) is 2.57. The van der Waals surface area contributed by atoms with Crippen LogP contribution in [0.4, 0.5) is 0 Å². The van der Waals surface area contributed by atoms with E-state index in [1.54, 1.807) is 30.5 Å². The molecule has 0 aliphatic rings. The molecule has 0 fully saturated rings. The van der Waals surface area contributed by atoms with E-state index in [-0.39, 0.29) is 5.91 Å². The average molecular weight is 389 g/mol. The molecule has 0 aliphatic carbocycles. The van der Waals surface area contributed by atoms with Gasteiger partial charge in [0.2, 0.25) is 0 Å². The molecule has 0 atom stereocenters. The largest absolute Gasteiger partial charge is 0.494 e. The van der Waals surface area contributed by atoms with Crippen LogP contribution in [0, 0.1) is 5.92 Å². The third-order valence-corrected chi connectivity index (χ3v) is 3.86. The summed E-state index contributed by atoms with van der Waals surface area (Å²) in [5.41, 5.74) is 3.97. The normalized spacial score (nSPS) is 11.0. The number of nitrogens with zero attached hydrogens (tertiary/aromatic N) is 1. The second kappa shape index (κ2) is 9.23. The Morgan fingerprint density at radius 3 is 2.46 bits per heavy atom. The zero-order valence-corrected chi connectivity index (χ0v) is 15.4. The summed E-state index contributed by atoms with van der Waals surface area (Å²) in [4.78, 5) is 12.0. The van der Waals surface area contributed by atoms with E-state index in [0.717, 1.165) is 22.2 Å². The zero-order chi connectivity index (χ0) is 17.4. The van der Waals surface area contributed by atoms with Gasteiger partial charge in [-0.2, -0.15) is 5.10 Å². The first-order valence-corrected chi connectivity index (χ1v) is 8.66. The van der Waals surface area contributed by atoms with Gasteiger partial charge in [0.1, 0.15) is 5.75 Å². The van der Waals surface area contributed by atoms with Crippen molar-refractivity contribution in [1.82, 2.24) is 5.43 Å². The van der Waals surface area contributed by atoms with Crippen molar-refractivity contribution >= 4 is 28.1 Å². The van der Waals surface area contributed by atoms with E-state index in [1.807, 2.05) is 24.3 Å². The first kappa shape index (κ1) is 18.2. The number of nitrogens with one attached hydrogen (secondary N) is 1. The number of amides is 1. The number of halogens is 1. The third kappa shape index (κ3) is 6.16. The molecule has 2 aromatic carbocycles. The van der Waals surface area contributed by atoms with E-state index < -0.39 is 0 Å².